The number of hydrogen-bond acceptors (Lipinski definition) is 3. The van der Waals surface area contributed by atoms with E-state index in [0.29, 0.717) is 18.2 Å². The number of rotatable bonds is 2. The highest BCUT2D eigenvalue weighted by Gasteiger charge is 2.08. The van der Waals surface area contributed by atoms with Gasteiger partial charge in [-0.1, -0.05) is 6.07 Å². The van der Waals surface area contributed by atoms with Crippen LogP contribution in [0.25, 0.3) is 5.52 Å². The summed E-state index contributed by atoms with van der Waals surface area (Å²) in [6, 6.07) is 5.73. The van der Waals surface area contributed by atoms with Crippen LogP contribution in [0, 0.1) is 0 Å². The zero-order valence-electron chi connectivity index (χ0n) is 8.62. The number of aromatic nitrogens is 2. The molecule has 2 N–H and O–H groups in total. The van der Waals surface area contributed by atoms with E-state index >= 15 is 0 Å². The monoisotopic (exact) mass is 285 g/mol. The van der Waals surface area contributed by atoms with E-state index in [1.165, 1.54) is 0 Å². The lowest BCUT2D eigenvalue weighted by Crippen LogP contribution is -1.95. The van der Waals surface area contributed by atoms with E-state index in [2.05, 4.69) is 5.10 Å². The summed E-state index contributed by atoms with van der Waals surface area (Å²) in [5.41, 5.74) is 7.30. The van der Waals surface area contributed by atoms with Crippen molar-refractivity contribution in [1.82, 2.24) is 9.61 Å². The van der Waals surface area contributed by atoms with Crippen LogP contribution in [0.1, 0.15) is 6.92 Å². The third-order valence-electron chi connectivity index (χ3n) is 1.83. The molecule has 0 unspecified atom stereocenters. The minimum Gasteiger partial charge on any atom is -0.475 e. The Morgan fingerprint density at radius 3 is 2.56 bits per heavy atom. The molecule has 92 valence electrons. The molecule has 2 heterocycles. The van der Waals surface area contributed by atoms with Gasteiger partial charge in [-0.05, 0) is 19.1 Å². The molecule has 0 bridgehead atoms. The Kier molecular flexibility index (Phi) is 8.16. The molecule has 0 aliphatic carbocycles. The van der Waals surface area contributed by atoms with Crippen LogP contribution in [-0.2, 0) is 0 Å². The van der Waals surface area contributed by atoms with Crippen LogP contribution in [0.4, 0.5) is 5.69 Å². The molecule has 0 aromatic carbocycles. The molecule has 0 aliphatic rings. The van der Waals surface area contributed by atoms with E-state index in [9.17, 15) is 0 Å². The molecule has 2 aromatic heterocycles. The predicted molar refractivity (Wildman–Crippen MR) is 72.5 cm³/mol. The van der Waals surface area contributed by atoms with Gasteiger partial charge in [0.25, 0.3) is 5.88 Å². The number of hydrogen-bond donors (Lipinski definition) is 1. The summed E-state index contributed by atoms with van der Waals surface area (Å²) in [5.74, 6) is 0.508. The smallest absolute Gasteiger partial charge is 0.257 e. The summed E-state index contributed by atoms with van der Waals surface area (Å²) in [5, 5.41) is 4.17. The lowest BCUT2D eigenvalue weighted by atomic mass is 10.4. The van der Waals surface area contributed by atoms with Gasteiger partial charge in [-0.25, -0.2) is 4.52 Å². The maximum absolute atomic E-state index is 5.82. The van der Waals surface area contributed by atoms with Crippen molar-refractivity contribution in [3.05, 3.63) is 24.4 Å². The first-order valence-electron chi connectivity index (χ1n) is 4.18. The number of ether oxygens (including phenoxy) is 1. The van der Waals surface area contributed by atoms with Gasteiger partial charge in [0.2, 0.25) is 0 Å². The van der Waals surface area contributed by atoms with E-state index in [-0.39, 0.29) is 37.2 Å². The highest BCUT2D eigenvalue weighted by molar-refractivity contribution is 5.86. The van der Waals surface area contributed by atoms with Gasteiger partial charge in [0, 0.05) is 6.20 Å². The highest BCUT2D eigenvalue weighted by Crippen LogP contribution is 2.24. The Labute approximate surface area is 112 Å². The SMILES string of the molecule is CCOc1nn2ccccc2c1N.Cl.Cl.Cl. The first-order chi connectivity index (χ1) is 6.33. The molecule has 0 fully saturated rings. The lowest BCUT2D eigenvalue weighted by molar-refractivity contribution is 0.327. The second-order valence-electron chi connectivity index (χ2n) is 2.68. The molecule has 0 radical (unpaired) electrons. The molecule has 0 saturated heterocycles. The fraction of sp³-hybridized carbons (Fsp3) is 0.222. The van der Waals surface area contributed by atoms with Crippen molar-refractivity contribution in [3.8, 4) is 5.88 Å². The Morgan fingerprint density at radius 2 is 2.00 bits per heavy atom. The van der Waals surface area contributed by atoms with Crippen LogP contribution in [0.2, 0.25) is 0 Å². The quantitative estimate of drug-likeness (QED) is 0.923. The van der Waals surface area contributed by atoms with Crippen LogP contribution < -0.4 is 10.5 Å². The molecule has 0 aliphatic heterocycles. The molecule has 0 spiro atoms. The summed E-state index contributed by atoms with van der Waals surface area (Å²) < 4.78 is 6.97. The highest BCUT2D eigenvalue weighted by atomic mass is 35.5. The van der Waals surface area contributed by atoms with Gasteiger partial charge < -0.3 is 10.5 Å². The molecular weight excluding hydrogens is 272 g/mol. The summed E-state index contributed by atoms with van der Waals surface area (Å²) in [7, 11) is 0. The third-order valence-corrected chi connectivity index (χ3v) is 1.83. The summed E-state index contributed by atoms with van der Waals surface area (Å²) in [6.45, 7) is 2.48. The van der Waals surface area contributed by atoms with Crippen LogP contribution in [-0.4, -0.2) is 16.2 Å². The number of anilines is 1. The molecular formula is C9H14Cl3N3O. The van der Waals surface area contributed by atoms with Crippen molar-refractivity contribution in [2.45, 2.75) is 6.92 Å². The van der Waals surface area contributed by atoms with Crippen molar-refractivity contribution in [2.75, 3.05) is 12.3 Å². The second kappa shape index (κ2) is 7.44. The van der Waals surface area contributed by atoms with Crippen molar-refractivity contribution in [2.24, 2.45) is 0 Å². The van der Waals surface area contributed by atoms with E-state index in [4.69, 9.17) is 10.5 Å². The fourth-order valence-electron chi connectivity index (χ4n) is 1.24. The van der Waals surface area contributed by atoms with Crippen LogP contribution in [0.3, 0.4) is 0 Å². The molecule has 0 amide bonds. The molecule has 0 atom stereocenters. The van der Waals surface area contributed by atoms with Crippen molar-refractivity contribution >= 4 is 48.4 Å². The number of nitrogens with two attached hydrogens (primary N) is 1. The average molecular weight is 287 g/mol. The third kappa shape index (κ3) is 3.07. The van der Waals surface area contributed by atoms with Gasteiger partial charge in [0.1, 0.15) is 5.69 Å². The first-order valence-corrected chi connectivity index (χ1v) is 4.18. The van der Waals surface area contributed by atoms with Gasteiger partial charge in [-0.2, -0.15) is 0 Å². The average Bonchev–Trinajstić information content (AvgIpc) is 2.46. The molecule has 2 aromatic rings. The Balaban J connectivity index is 0. The zero-order valence-corrected chi connectivity index (χ0v) is 11.1. The number of halogens is 3. The largest absolute Gasteiger partial charge is 0.475 e. The zero-order chi connectivity index (χ0) is 9.26. The number of pyridine rings is 1. The maximum atomic E-state index is 5.82. The van der Waals surface area contributed by atoms with Gasteiger partial charge >= 0.3 is 0 Å². The number of nitrogen functional groups attached to an aromatic ring is 1. The molecule has 16 heavy (non-hydrogen) atoms. The standard InChI is InChI=1S/C9H11N3O.3ClH/c1-2-13-9-8(10)7-5-3-4-6-12(7)11-9;;;/h3-6H,2,10H2,1H3;3*1H. The second-order valence-corrected chi connectivity index (χ2v) is 2.68. The van der Waals surface area contributed by atoms with E-state index in [1.807, 2.05) is 31.3 Å². The van der Waals surface area contributed by atoms with Crippen molar-refractivity contribution in [3.63, 3.8) is 0 Å². The van der Waals surface area contributed by atoms with Crippen LogP contribution in [0.5, 0.6) is 5.88 Å². The van der Waals surface area contributed by atoms with E-state index in [0.717, 1.165) is 5.52 Å². The lowest BCUT2D eigenvalue weighted by Gasteiger charge is -1.96. The Bertz CT molecular complexity index is 433. The Hall–Kier alpha value is -0.840. The minimum atomic E-state index is 0. The minimum absolute atomic E-state index is 0. The van der Waals surface area contributed by atoms with Gasteiger partial charge in [-0.3, -0.25) is 0 Å². The number of nitrogens with zero attached hydrogens (tertiary/aromatic N) is 2. The van der Waals surface area contributed by atoms with Gasteiger partial charge in [0.15, 0.2) is 0 Å². The maximum Gasteiger partial charge on any atom is 0.257 e. The topological polar surface area (TPSA) is 52.5 Å². The Morgan fingerprint density at radius 1 is 1.31 bits per heavy atom. The van der Waals surface area contributed by atoms with Crippen LogP contribution in [0.15, 0.2) is 24.4 Å². The van der Waals surface area contributed by atoms with Crippen LogP contribution >= 0.6 is 37.2 Å². The van der Waals surface area contributed by atoms with Crippen molar-refractivity contribution in [1.29, 1.82) is 0 Å². The van der Waals surface area contributed by atoms with Gasteiger partial charge in [-0.15, -0.1) is 42.3 Å². The van der Waals surface area contributed by atoms with Gasteiger partial charge in [0.05, 0.1) is 12.1 Å². The predicted octanol–water partition coefficient (Wildman–Crippen LogP) is 2.58. The molecule has 4 nitrogen and oxygen atoms in total. The molecule has 7 heteroatoms. The summed E-state index contributed by atoms with van der Waals surface area (Å²) in [6.07, 6.45) is 1.84. The summed E-state index contributed by atoms with van der Waals surface area (Å²) in [4.78, 5) is 0. The molecule has 2 rings (SSSR count). The number of fused-ring (bicyclic) bond motifs is 1. The first kappa shape index (κ1) is 17.6. The van der Waals surface area contributed by atoms with Crippen molar-refractivity contribution < 1.29 is 4.74 Å². The van der Waals surface area contributed by atoms with E-state index < -0.39 is 0 Å². The van der Waals surface area contributed by atoms with E-state index in [1.54, 1.807) is 4.52 Å². The fourth-order valence-corrected chi connectivity index (χ4v) is 1.24. The molecule has 0 saturated carbocycles. The summed E-state index contributed by atoms with van der Waals surface area (Å²) >= 11 is 0. The normalized spacial score (nSPS) is 8.56.